The van der Waals surface area contributed by atoms with Crippen molar-refractivity contribution >= 4 is 5.96 Å². The second-order valence-corrected chi connectivity index (χ2v) is 6.98. The van der Waals surface area contributed by atoms with Crippen LogP contribution in [0.5, 0.6) is 11.5 Å². The van der Waals surface area contributed by atoms with E-state index in [0.29, 0.717) is 25.8 Å². The average molecular weight is 387 g/mol. The fourth-order valence-corrected chi connectivity index (χ4v) is 3.00. The van der Waals surface area contributed by atoms with Crippen LogP contribution in [-0.2, 0) is 19.4 Å². The van der Waals surface area contributed by atoms with E-state index < -0.39 is 0 Å². The lowest BCUT2D eigenvalue weighted by atomic mass is 10.1. The van der Waals surface area contributed by atoms with Crippen LogP contribution in [0.2, 0.25) is 0 Å². The van der Waals surface area contributed by atoms with Crippen LogP contribution in [0, 0.1) is 0 Å². The SMILES string of the molecule is CCc1nncn1CCNC(=NCCc1ccc2c(c1)OCCO2)NC(C)C. The zero-order valence-corrected chi connectivity index (χ0v) is 16.9. The largest absolute Gasteiger partial charge is 0.486 e. The van der Waals surface area contributed by atoms with Crippen molar-refractivity contribution in [3.8, 4) is 11.5 Å². The van der Waals surface area contributed by atoms with E-state index in [1.807, 2.05) is 12.1 Å². The number of fused-ring (bicyclic) bond motifs is 1. The van der Waals surface area contributed by atoms with Gasteiger partial charge in [0, 0.05) is 32.1 Å². The first-order valence-corrected chi connectivity index (χ1v) is 9.95. The molecule has 152 valence electrons. The molecule has 0 aliphatic carbocycles. The van der Waals surface area contributed by atoms with Crippen LogP contribution in [0.3, 0.4) is 0 Å². The molecule has 1 aliphatic rings. The number of hydrogen-bond acceptors (Lipinski definition) is 5. The molecular weight excluding hydrogens is 356 g/mol. The highest BCUT2D eigenvalue weighted by Crippen LogP contribution is 2.30. The first-order valence-electron chi connectivity index (χ1n) is 9.95. The maximum atomic E-state index is 5.65. The number of nitrogens with one attached hydrogen (secondary N) is 2. The molecule has 8 heteroatoms. The molecule has 0 radical (unpaired) electrons. The second-order valence-electron chi connectivity index (χ2n) is 6.98. The van der Waals surface area contributed by atoms with Gasteiger partial charge in [-0.1, -0.05) is 13.0 Å². The molecule has 0 spiro atoms. The third-order valence-electron chi connectivity index (χ3n) is 4.36. The zero-order chi connectivity index (χ0) is 19.8. The molecule has 0 fully saturated rings. The molecule has 3 rings (SSSR count). The van der Waals surface area contributed by atoms with E-state index in [2.05, 4.69) is 52.2 Å². The van der Waals surface area contributed by atoms with Gasteiger partial charge in [-0.3, -0.25) is 4.99 Å². The Hall–Kier alpha value is -2.77. The summed E-state index contributed by atoms with van der Waals surface area (Å²) in [6, 6.07) is 6.40. The molecule has 0 bridgehead atoms. The molecule has 1 aromatic heterocycles. The molecule has 0 saturated carbocycles. The van der Waals surface area contributed by atoms with Crippen molar-refractivity contribution in [2.75, 3.05) is 26.3 Å². The third kappa shape index (κ3) is 5.61. The molecular formula is C20H30N6O2. The standard InChI is InChI=1S/C20H30N6O2/c1-4-19-25-23-14-26(19)10-9-22-20(24-15(2)3)21-8-7-16-5-6-17-18(13-16)28-12-11-27-17/h5-6,13-15H,4,7-12H2,1-3H3,(H2,21,22,24). The van der Waals surface area contributed by atoms with Crippen molar-refractivity contribution in [1.82, 2.24) is 25.4 Å². The lowest BCUT2D eigenvalue weighted by molar-refractivity contribution is 0.171. The zero-order valence-electron chi connectivity index (χ0n) is 16.9. The van der Waals surface area contributed by atoms with Crippen LogP contribution >= 0.6 is 0 Å². The third-order valence-corrected chi connectivity index (χ3v) is 4.36. The van der Waals surface area contributed by atoms with Gasteiger partial charge in [-0.15, -0.1) is 10.2 Å². The van der Waals surface area contributed by atoms with E-state index in [1.54, 1.807) is 6.33 Å². The molecule has 0 atom stereocenters. The van der Waals surface area contributed by atoms with Gasteiger partial charge in [0.2, 0.25) is 0 Å². The van der Waals surface area contributed by atoms with Crippen LogP contribution in [0.25, 0.3) is 0 Å². The minimum Gasteiger partial charge on any atom is -0.486 e. The highest BCUT2D eigenvalue weighted by Gasteiger charge is 2.11. The van der Waals surface area contributed by atoms with Crippen molar-refractivity contribution in [3.05, 3.63) is 35.9 Å². The van der Waals surface area contributed by atoms with Crippen molar-refractivity contribution in [3.63, 3.8) is 0 Å². The molecule has 2 heterocycles. The first kappa shape index (κ1) is 20.0. The van der Waals surface area contributed by atoms with Gasteiger partial charge >= 0.3 is 0 Å². The molecule has 1 aromatic carbocycles. The Bertz CT molecular complexity index is 787. The maximum Gasteiger partial charge on any atom is 0.191 e. The van der Waals surface area contributed by atoms with Crippen LogP contribution < -0.4 is 20.1 Å². The molecule has 8 nitrogen and oxygen atoms in total. The van der Waals surface area contributed by atoms with Crippen molar-refractivity contribution in [1.29, 1.82) is 0 Å². The molecule has 28 heavy (non-hydrogen) atoms. The molecule has 0 saturated heterocycles. The highest BCUT2D eigenvalue weighted by molar-refractivity contribution is 5.80. The monoisotopic (exact) mass is 386 g/mol. The Kier molecular flexibility index (Phi) is 7.11. The van der Waals surface area contributed by atoms with E-state index in [9.17, 15) is 0 Å². The Morgan fingerprint density at radius 2 is 2.07 bits per heavy atom. The Labute approximate surface area is 166 Å². The average Bonchev–Trinajstić information content (AvgIpc) is 3.15. The van der Waals surface area contributed by atoms with Gasteiger partial charge in [0.15, 0.2) is 17.5 Å². The molecule has 2 aromatic rings. The van der Waals surface area contributed by atoms with Gasteiger partial charge < -0.3 is 24.7 Å². The fraction of sp³-hybridized carbons (Fsp3) is 0.550. The van der Waals surface area contributed by atoms with Crippen molar-refractivity contribution in [2.45, 2.75) is 46.2 Å². The molecule has 2 N–H and O–H groups in total. The minimum atomic E-state index is 0.307. The van der Waals surface area contributed by atoms with E-state index in [0.717, 1.165) is 49.2 Å². The summed E-state index contributed by atoms with van der Waals surface area (Å²) in [6.45, 7) is 9.76. The smallest absolute Gasteiger partial charge is 0.191 e. The van der Waals surface area contributed by atoms with Gasteiger partial charge in [0.25, 0.3) is 0 Å². The Morgan fingerprint density at radius 3 is 2.86 bits per heavy atom. The number of rotatable bonds is 8. The van der Waals surface area contributed by atoms with E-state index in [1.165, 1.54) is 5.56 Å². The summed E-state index contributed by atoms with van der Waals surface area (Å²) in [5, 5.41) is 14.9. The molecule has 0 unspecified atom stereocenters. The predicted molar refractivity (Wildman–Crippen MR) is 109 cm³/mol. The summed E-state index contributed by atoms with van der Waals surface area (Å²) in [5.74, 6) is 3.46. The van der Waals surface area contributed by atoms with Gasteiger partial charge in [-0.05, 0) is 38.0 Å². The molecule has 1 aliphatic heterocycles. The predicted octanol–water partition coefficient (Wildman–Crippen LogP) is 1.80. The summed E-state index contributed by atoms with van der Waals surface area (Å²) in [6.07, 6.45) is 3.49. The quantitative estimate of drug-likeness (QED) is 0.532. The first-order chi connectivity index (χ1) is 13.7. The normalized spacial score (nSPS) is 13.6. The van der Waals surface area contributed by atoms with Crippen molar-refractivity contribution < 1.29 is 9.47 Å². The minimum absolute atomic E-state index is 0.307. The summed E-state index contributed by atoms with van der Waals surface area (Å²) in [5.41, 5.74) is 1.19. The van der Waals surface area contributed by atoms with Gasteiger partial charge in [0.1, 0.15) is 25.4 Å². The van der Waals surface area contributed by atoms with Crippen LogP contribution in [-0.4, -0.2) is 53.1 Å². The summed E-state index contributed by atoms with van der Waals surface area (Å²) < 4.78 is 13.3. The number of aliphatic imine (C=N–C) groups is 1. The van der Waals surface area contributed by atoms with E-state index >= 15 is 0 Å². The lowest BCUT2D eigenvalue weighted by Crippen LogP contribution is -2.42. The highest BCUT2D eigenvalue weighted by atomic mass is 16.6. The number of aryl methyl sites for hydroxylation is 1. The summed E-state index contributed by atoms with van der Waals surface area (Å²) in [4.78, 5) is 4.71. The topological polar surface area (TPSA) is 85.6 Å². The number of aromatic nitrogens is 3. The number of ether oxygens (including phenoxy) is 2. The second kappa shape index (κ2) is 9.96. The lowest BCUT2D eigenvalue weighted by Gasteiger charge is -2.19. The van der Waals surface area contributed by atoms with Gasteiger partial charge in [-0.25, -0.2) is 0 Å². The Morgan fingerprint density at radius 1 is 1.25 bits per heavy atom. The summed E-state index contributed by atoms with van der Waals surface area (Å²) >= 11 is 0. The van der Waals surface area contributed by atoms with E-state index in [-0.39, 0.29) is 0 Å². The number of hydrogen-bond donors (Lipinski definition) is 2. The van der Waals surface area contributed by atoms with Crippen LogP contribution in [0.4, 0.5) is 0 Å². The summed E-state index contributed by atoms with van der Waals surface area (Å²) in [7, 11) is 0. The number of benzene rings is 1. The van der Waals surface area contributed by atoms with Crippen molar-refractivity contribution in [2.24, 2.45) is 4.99 Å². The number of guanidine groups is 1. The number of nitrogens with zero attached hydrogens (tertiary/aromatic N) is 4. The van der Waals surface area contributed by atoms with Crippen LogP contribution in [0.1, 0.15) is 32.2 Å². The van der Waals surface area contributed by atoms with E-state index in [4.69, 9.17) is 14.5 Å². The van der Waals surface area contributed by atoms with Gasteiger partial charge in [0.05, 0.1) is 0 Å². The molecule has 0 amide bonds. The maximum absolute atomic E-state index is 5.65. The Balaban J connectivity index is 1.53. The fourth-order valence-electron chi connectivity index (χ4n) is 3.00. The van der Waals surface area contributed by atoms with Gasteiger partial charge in [-0.2, -0.15) is 0 Å². The van der Waals surface area contributed by atoms with Crippen LogP contribution in [0.15, 0.2) is 29.5 Å².